The van der Waals surface area contributed by atoms with Gasteiger partial charge in [0.2, 0.25) is 5.78 Å². The van der Waals surface area contributed by atoms with Crippen molar-refractivity contribution in [3.05, 3.63) is 33.8 Å². The van der Waals surface area contributed by atoms with Crippen molar-refractivity contribution in [2.75, 3.05) is 6.26 Å². The highest BCUT2D eigenvalue weighted by Crippen LogP contribution is 2.34. The number of benzene rings is 1. The molecule has 3 nitrogen and oxygen atoms in total. The topological polar surface area (TPSA) is 51.2 Å². The van der Waals surface area contributed by atoms with Gasteiger partial charge in [-0.2, -0.15) is 0 Å². The molecule has 0 aliphatic heterocycles. The summed E-state index contributed by atoms with van der Waals surface area (Å²) in [6, 6.07) is 3.94. The highest BCUT2D eigenvalue weighted by molar-refractivity contribution is 7.95. The van der Waals surface area contributed by atoms with Crippen molar-refractivity contribution in [1.82, 2.24) is 0 Å². The lowest BCUT2D eigenvalue weighted by molar-refractivity contribution is 0.0996. The normalized spacial score (nSPS) is 12.5. The molecule has 17 heavy (non-hydrogen) atoms. The predicted molar refractivity (Wildman–Crippen MR) is 70.1 cm³/mol. The van der Waals surface area contributed by atoms with E-state index in [1.54, 1.807) is 0 Å². The van der Waals surface area contributed by atoms with Crippen LogP contribution in [0.4, 0.5) is 0 Å². The van der Waals surface area contributed by atoms with Crippen molar-refractivity contribution in [2.45, 2.75) is 3.67 Å². The second-order valence-corrected chi connectivity index (χ2v) is 8.02. The van der Waals surface area contributed by atoms with E-state index in [0.29, 0.717) is 5.02 Å². The molecule has 0 N–H and O–H groups in total. The summed E-state index contributed by atoms with van der Waals surface area (Å²) in [7, 11) is -3.99. The van der Waals surface area contributed by atoms with Gasteiger partial charge in [-0.3, -0.25) is 4.79 Å². The average molecular weight is 336 g/mol. The summed E-state index contributed by atoms with van der Waals surface area (Å²) in [5, 5.41) is 0.289. The molecule has 0 spiro atoms. The molecule has 0 saturated heterocycles. The molecule has 0 atom stereocenters. The van der Waals surface area contributed by atoms with E-state index in [9.17, 15) is 13.2 Å². The Morgan fingerprint density at radius 2 is 1.76 bits per heavy atom. The van der Waals surface area contributed by atoms with Gasteiger partial charge in [0.1, 0.15) is 0 Å². The van der Waals surface area contributed by atoms with Crippen LogP contribution in [0, 0.1) is 0 Å². The third-order valence-electron chi connectivity index (χ3n) is 1.91. The van der Waals surface area contributed by atoms with Gasteiger partial charge in [0.05, 0.1) is 5.02 Å². The van der Waals surface area contributed by atoms with Crippen molar-refractivity contribution >= 4 is 62.0 Å². The maximum absolute atomic E-state index is 11.9. The maximum Gasteiger partial charge on any atom is 0.280 e. The van der Waals surface area contributed by atoms with E-state index in [-0.39, 0.29) is 10.6 Å². The van der Waals surface area contributed by atoms with Crippen molar-refractivity contribution in [1.29, 1.82) is 0 Å². The third-order valence-corrected chi connectivity index (χ3v) is 5.60. The Balaban J connectivity index is 3.32. The second kappa shape index (κ2) is 4.94. The Morgan fingerprint density at radius 1 is 1.24 bits per heavy atom. The molecule has 94 valence electrons. The van der Waals surface area contributed by atoms with Crippen molar-refractivity contribution in [3.63, 3.8) is 0 Å². The van der Waals surface area contributed by atoms with Gasteiger partial charge < -0.3 is 0 Å². The van der Waals surface area contributed by atoms with Crippen LogP contribution >= 0.6 is 46.4 Å². The molecule has 0 fully saturated rings. The SMILES string of the molecule is CS(=O)(=O)C(Cl)(Cl)C(=O)c1ccc(Cl)cc1Cl. The summed E-state index contributed by atoms with van der Waals surface area (Å²) in [4.78, 5) is 11.9. The summed E-state index contributed by atoms with van der Waals surface area (Å²) in [5.41, 5.74) is -0.105. The number of sulfone groups is 1. The smallest absolute Gasteiger partial charge is 0.280 e. The van der Waals surface area contributed by atoms with Crippen LogP contribution in [-0.2, 0) is 9.84 Å². The van der Waals surface area contributed by atoms with Gasteiger partial charge in [-0.1, -0.05) is 46.4 Å². The molecule has 1 aromatic rings. The lowest BCUT2D eigenvalue weighted by Crippen LogP contribution is -2.35. The van der Waals surface area contributed by atoms with Crippen LogP contribution in [-0.4, -0.2) is 24.1 Å². The minimum absolute atomic E-state index is 0.0168. The molecule has 8 heteroatoms. The zero-order valence-corrected chi connectivity index (χ0v) is 12.2. The summed E-state index contributed by atoms with van der Waals surface area (Å²) >= 11 is 22.5. The van der Waals surface area contributed by atoms with E-state index >= 15 is 0 Å². The van der Waals surface area contributed by atoms with Crippen LogP contribution in [0.25, 0.3) is 0 Å². The minimum atomic E-state index is -3.99. The Bertz CT molecular complexity index is 566. The van der Waals surface area contributed by atoms with Crippen LogP contribution in [0.15, 0.2) is 18.2 Å². The first-order valence-electron chi connectivity index (χ1n) is 4.14. The number of alkyl halides is 2. The molecular weight excluding hydrogens is 330 g/mol. The highest BCUT2D eigenvalue weighted by Gasteiger charge is 2.45. The minimum Gasteiger partial charge on any atom is -0.289 e. The van der Waals surface area contributed by atoms with Crippen LogP contribution in [0.3, 0.4) is 0 Å². The van der Waals surface area contributed by atoms with Crippen LogP contribution in [0.1, 0.15) is 10.4 Å². The standard InChI is InChI=1S/C9H6Cl4O3S/c1-17(15,16)9(12,13)8(14)6-3-2-5(10)4-7(6)11/h2-4H,1H3. The maximum atomic E-state index is 11.9. The number of halogens is 4. The molecule has 0 bridgehead atoms. The van der Waals surface area contributed by atoms with E-state index in [0.717, 1.165) is 6.26 Å². The van der Waals surface area contributed by atoms with E-state index < -0.39 is 19.3 Å². The lowest BCUT2D eigenvalue weighted by Gasteiger charge is -2.16. The number of hydrogen-bond acceptors (Lipinski definition) is 3. The Kier molecular flexibility index (Phi) is 4.37. The lowest BCUT2D eigenvalue weighted by atomic mass is 10.1. The molecule has 0 radical (unpaired) electrons. The summed E-state index contributed by atoms with van der Waals surface area (Å²) < 4.78 is 20.0. The van der Waals surface area contributed by atoms with Gasteiger partial charge in [0.25, 0.3) is 3.67 Å². The summed E-state index contributed by atoms with van der Waals surface area (Å²) in [5.74, 6) is -1.01. The fourth-order valence-electron chi connectivity index (χ4n) is 0.999. The fourth-order valence-corrected chi connectivity index (χ4v) is 2.14. The third kappa shape index (κ3) is 3.06. The Morgan fingerprint density at radius 3 is 2.18 bits per heavy atom. The van der Waals surface area contributed by atoms with Crippen molar-refractivity contribution in [2.24, 2.45) is 0 Å². The number of hydrogen-bond donors (Lipinski definition) is 0. The van der Waals surface area contributed by atoms with E-state index in [2.05, 4.69) is 0 Å². The molecule has 1 rings (SSSR count). The number of Topliss-reactive ketones (excluding diaryl/α,β-unsaturated/α-hetero) is 1. The first-order valence-corrected chi connectivity index (χ1v) is 7.55. The van der Waals surface area contributed by atoms with Gasteiger partial charge >= 0.3 is 0 Å². The monoisotopic (exact) mass is 334 g/mol. The molecule has 1 aromatic carbocycles. The molecule has 0 heterocycles. The van der Waals surface area contributed by atoms with Gasteiger partial charge in [-0.05, 0) is 18.2 Å². The van der Waals surface area contributed by atoms with Gasteiger partial charge in [0, 0.05) is 16.8 Å². The number of rotatable bonds is 3. The quantitative estimate of drug-likeness (QED) is 0.628. The molecular formula is C9H6Cl4O3S. The number of carbonyl (C=O) groups is 1. The van der Waals surface area contributed by atoms with Crippen LogP contribution in [0.2, 0.25) is 10.0 Å². The Labute approximate surface area is 119 Å². The largest absolute Gasteiger partial charge is 0.289 e. The highest BCUT2D eigenvalue weighted by atomic mass is 35.5. The molecule has 0 aliphatic rings. The second-order valence-electron chi connectivity index (χ2n) is 3.24. The summed E-state index contributed by atoms with van der Waals surface area (Å²) in [6.45, 7) is 0. The van der Waals surface area contributed by atoms with Crippen LogP contribution in [0.5, 0.6) is 0 Å². The zero-order valence-electron chi connectivity index (χ0n) is 8.38. The van der Waals surface area contributed by atoms with Crippen molar-refractivity contribution in [3.8, 4) is 0 Å². The Hall–Kier alpha value is -0.000000000000000167. The van der Waals surface area contributed by atoms with Gasteiger partial charge in [-0.25, -0.2) is 8.42 Å². The van der Waals surface area contributed by atoms with E-state index in [1.807, 2.05) is 0 Å². The van der Waals surface area contributed by atoms with Crippen LogP contribution < -0.4 is 0 Å². The molecule has 0 aromatic heterocycles. The van der Waals surface area contributed by atoms with Gasteiger partial charge in [0.15, 0.2) is 9.84 Å². The van der Waals surface area contributed by atoms with Gasteiger partial charge in [-0.15, -0.1) is 0 Å². The molecule has 0 aliphatic carbocycles. The molecule has 0 saturated carbocycles. The zero-order chi connectivity index (χ0) is 13.4. The van der Waals surface area contributed by atoms with E-state index in [1.165, 1.54) is 18.2 Å². The first kappa shape index (κ1) is 15.1. The predicted octanol–water partition coefficient (Wildman–Crippen LogP) is 3.35. The molecule has 0 amide bonds. The molecule has 0 unspecified atom stereocenters. The fraction of sp³-hybridized carbons (Fsp3) is 0.222. The summed E-state index contributed by atoms with van der Waals surface area (Å²) in [6.07, 6.45) is 0.759. The first-order chi connectivity index (χ1) is 7.57. The van der Waals surface area contributed by atoms with Crippen molar-refractivity contribution < 1.29 is 13.2 Å². The average Bonchev–Trinajstić information content (AvgIpc) is 2.14. The number of ketones is 1. The van der Waals surface area contributed by atoms with E-state index in [4.69, 9.17) is 46.4 Å². The number of carbonyl (C=O) groups excluding carboxylic acids is 1.